The molecule has 2 fully saturated rings. The molecule has 2 aromatic rings. The van der Waals surface area contributed by atoms with Crippen LogP contribution in [-0.2, 0) is 19.6 Å². The third-order valence-corrected chi connectivity index (χ3v) is 9.12. The summed E-state index contributed by atoms with van der Waals surface area (Å²) in [7, 11) is -4.29. The van der Waals surface area contributed by atoms with E-state index in [0.717, 1.165) is 66.2 Å². The first-order valence-electron chi connectivity index (χ1n) is 12.7. The maximum absolute atomic E-state index is 13.8. The molecule has 38 heavy (non-hydrogen) atoms. The smallest absolute Gasteiger partial charge is 0.305 e. The van der Waals surface area contributed by atoms with Crippen molar-refractivity contribution in [2.45, 2.75) is 62.6 Å². The number of aliphatic carboxylic acids is 1. The zero-order valence-electron chi connectivity index (χ0n) is 21.2. The van der Waals surface area contributed by atoms with Crippen molar-refractivity contribution < 1.29 is 32.3 Å². The first-order valence-corrected chi connectivity index (χ1v) is 14.2. The number of carboxylic acid groups (broad SMARTS) is 1. The number of hydrogen-bond acceptors (Lipinski definition) is 5. The summed E-state index contributed by atoms with van der Waals surface area (Å²) in [6, 6.07) is 10.3. The van der Waals surface area contributed by atoms with Gasteiger partial charge in [0.2, 0.25) is 10.0 Å². The highest BCUT2D eigenvalue weighted by Crippen LogP contribution is 2.30. The minimum atomic E-state index is -4.29. The van der Waals surface area contributed by atoms with E-state index in [0.29, 0.717) is 5.56 Å². The highest BCUT2D eigenvalue weighted by atomic mass is 32.2. The van der Waals surface area contributed by atoms with Crippen LogP contribution in [0.4, 0.5) is 4.39 Å². The summed E-state index contributed by atoms with van der Waals surface area (Å²) in [6.07, 6.45) is 2.55. The van der Waals surface area contributed by atoms with Crippen LogP contribution in [0.3, 0.4) is 0 Å². The summed E-state index contributed by atoms with van der Waals surface area (Å²) in [6.45, 7) is 1.62. The van der Waals surface area contributed by atoms with Crippen LogP contribution in [0.2, 0.25) is 0 Å². The third kappa shape index (κ3) is 6.05. The van der Waals surface area contributed by atoms with E-state index in [9.17, 15) is 32.3 Å². The molecule has 4 rings (SSSR count). The van der Waals surface area contributed by atoms with E-state index in [1.807, 2.05) is 13.0 Å². The predicted molar refractivity (Wildman–Crippen MR) is 137 cm³/mol. The Morgan fingerprint density at radius 3 is 2.37 bits per heavy atom. The van der Waals surface area contributed by atoms with E-state index >= 15 is 0 Å². The fourth-order valence-electron chi connectivity index (χ4n) is 5.35. The van der Waals surface area contributed by atoms with Crippen LogP contribution in [0.1, 0.15) is 54.4 Å². The second-order valence-electron chi connectivity index (χ2n) is 9.92. The molecule has 0 radical (unpaired) electrons. The Balaban J connectivity index is 1.69. The molecular formula is C27H32FN3O6S. The fraction of sp³-hybridized carbons (Fsp3) is 0.444. The number of halogens is 1. The van der Waals surface area contributed by atoms with Crippen LogP contribution in [0.25, 0.3) is 0 Å². The van der Waals surface area contributed by atoms with Gasteiger partial charge in [0, 0.05) is 24.7 Å². The average Bonchev–Trinajstić information content (AvgIpc) is 3.35. The lowest BCUT2D eigenvalue weighted by molar-refractivity contribution is -0.138. The molecule has 1 saturated carbocycles. The van der Waals surface area contributed by atoms with Crippen molar-refractivity contribution in [2.75, 3.05) is 13.1 Å². The van der Waals surface area contributed by atoms with E-state index in [1.165, 1.54) is 4.90 Å². The number of amides is 2. The normalized spacial score (nSPS) is 19.7. The average molecular weight is 546 g/mol. The van der Waals surface area contributed by atoms with E-state index in [4.69, 9.17) is 0 Å². The fourth-order valence-corrected chi connectivity index (χ4v) is 6.89. The summed E-state index contributed by atoms with van der Waals surface area (Å²) in [4.78, 5) is 39.9. The number of rotatable bonds is 8. The van der Waals surface area contributed by atoms with Gasteiger partial charge in [0.15, 0.2) is 6.17 Å². The van der Waals surface area contributed by atoms with Crippen LogP contribution in [0.15, 0.2) is 53.4 Å². The lowest BCUT2D eigenvalue weighted by Gasteiger charge is -2.34. The topological polar surface area (TPSA) is 124 Å². The summed E-state index contributed by atoms with van der Waals surface area (Å²) < 4.78 is 41.6. The number of nitrogens with one attached hydrogen (secondary N) is 1. The number of carbonyl (C=O) groups excluding carboxylic acids is 2. The zero-order chi connectivity index (χ0) is 27.4. The molecule has 2 unspecified atom stereocenters. The van der Waals surface area contributed by atoms with Gasteiger partial charge < -0.3 is 15.3 Å². The van der Waals surface area contributed by atoms with Crippen LogP contribution in [-0.4, -0.2) is 65.8 Å². The molecular weight excluding hydrogens is 513 g/mol. The first-order chi connectivity index (χ1) is 18.1. The van der Waals surface area contributed by atoms with Crippen LogP contribution in [0, 0.1) is 18.7 Å². The first kappa shape index (κ1) is 27.7. The Morgan fingerprint density at radius 2 is 1.74 bits per heavy atom. The summed E-state index contributed by atoms with van der Waals surface area (Å²) in [5, 5.41) is 12.3. The lowest BCUT2D eigenvalue weighted by atomic mass is 9.82. The molecule has 1 aliphatic carbocycles. The predicted octanol–water partition coefficient (Wildman–Crippen LogP) is 3.15. The molecule has 9 nitrogen and oxygen atoms in total. The van der Waals surface area contributed by atoms with Crippen molar-refractivity contribution in [3.8, 4) is 0 Å². The molecule has 0 aromatic heterocycles. The van der Waals surface area contributed by atoms with Gasteiger partial charge in [-0.15, -0.1) is 0 Å². The molecule has 0 bridgehead atoms. The van der Waals surface area contributed by atoms with Crippen molar-refractivity contribution in [1.82, 2.24) is 14.5 Å². The van der Waals surface area contributed by atoms with Gasteiger partial charge in [-0.1, -0.05) is 37.0 Å². The monoisotopic (exact) mass is 545 g/mol. The third-order valence-electron chi connectivity index (χ3n) is 7.25. The lowest BCUT2D eigenvalue weighted by Crippen LogP contribution is -2.56. The highest BCUT2D eigenvalue weighted by Gasteiger charge is 2.47. The number of hydrogen-bond donors (Lipinski definition) is 2. The van der Waals surface area contributed by atoms with Gasteiger partial charge >= 0.3 is 5.97 Å². The van der Waals surface area contributed by atoms with Gasteiger partial charge in [-0.25, -0.2) is 12.8 Å². The Labute approximate surface area is 221 Å². The molecule has 2 atom stereocenters. The van der Waals surface area contributed by atoms with Crippen LogP contribution >= 0.6 is 0 Å². The van der Waals surface area contributed by atoms with Gasteiger partial charge in [0.25, 0.3) is 11.8 Å². The Bertz CT molecular complexity index is 1290. The van der Waals surface area contributed by atoms with Crippen molar-refractivity contribution in [1.29, 1.82) is 0 Å². The zero-order valence-corrected chi connectivity index (χ0v) is 22.0. The van der Waals surface area contributed by atoms with Crippen molar-refractivity contribution in [2.24, 2.45) is 5.92 Å². The number of aryl methyl sites for hydroxylation is 1. The number of sulfonamides is 1. The van der Waals surface area contributed by atoms with Gasteiger partial charge in [-0.2, -0.15) is 4.31 Å². The minimum absolute atomic E-state index is 0.0433. The van der Waals surface area contributed by atoms with Crippen molar-refractivity contribution >= 4 is 27.8 Å². The minimum Gasteiger partial charge on any atom is -0.481 e. The molecule has 2 N–H and O–H groups in total. The van der Waals surface area contributed by atoms with Gasteiger partial charge in [-0.05, 0) is 62.1 Å². The molecule has 11 heteroatoms. The molecule has 2 aromatic carbocycles. The second kappa shape index (κ2) is 11.6. The van der Waals surface area contributed by atoms with Crippen molar-refractivity contribution in [3.05, 3.63) is 65.5 Å². The van der Waals surface area contributed by atoms with E-state index in [-0.39, 0.29) is 30.3 Å². The SMILES string of the molecule is Cc1cccc(C(=O)N2CCN(S(=O)(=O)c3ccc(F)cc3)C2C(=O)NC(CC(=O)O)C2CCCCC2)c1. The number of carbonyl (C=O) groups is 3. The van der Waals surface area contributed by atoms with Crippen LogP contribution in [0.5, 0.6) is 0 Å². The molecule has 1 saturated heterocycles. The van der Waals surface area contributed by atoms with Gasteiger partial charge in [0.05, 0.1) is 11.3 Å². The van der Waals surface area contributed by atoms with Crippen molar-refractivity contribution in [3.63, 3.8) is 0 Å². The van der Waals surface area contributed by atoms with Crippen LogP contribution < -0.4 is 5.32 Å². The largest absolute Gasteiger partial charge is 0.481 e. The number of carboxylic acids is 1. The number of nitrogens with zero attached hydrogens (tertiary/aromatic N) is 2. The molecule has 2 aliphatic rings. The highest BCUT2D eigenvalue weighted by molar-refractivity contribution is 7.89. The number of benzene rings is 2. The summed E-state index contributed by atoms with van der Waals surface area (Å²) >= 11 is 0. The Morgan fingerprint density at radius 1 is 1.05 bits per heavy atom. The quantitative estimate of drug-likeness (QED) is 0.525. The van der Waals surface area contributed by atoms with E-state index in [1.54, 1.807) is 18.2 Å². The molecule has 204 valence electrons. The van der Waals surface area contributed by atoms with Gasteiger partial charge in [0.1, 0.15) is 5.82 Å². The van der Waals surface area contributed by atoms with E-state index in [2.05, 4.69) is 5.32 Å². The second-order valence-corrected chi connectivity index (χ2v) is 11.8. The molecule has 1 aliphatic heterocycles. The molecule has 0 spiro atoms. The summed E-state index contributed by atoms with van der Waals surface area (Å²) in [5.41, 5.74) is 1.13. The van der Waals surface area contributed by atoms with E-state index < -0.39 is 45.8 Å². The summed E-state index contributed by atoms with van der Waals surface area (Å²) in [5.74, 6) is -3.02. The Kier molecular flexibility index (Phi) is 8.47. The maximum Gasteiger partial charge on any atom is 0.305 e. The standard InChI is InChI=1S/C27H32FN3O6S/c1-18-6-5-9-20(16-18)27(35)30-14-15-31(38(36,37)22-12-10-21(28)11-13-22)26(30)25(34)29-23(17-24(32)33)19-7-3-2-4-8-19/h5-6,9-13,16,19,23,26H,2-4,7-8,14-15,17H2,1H3,(H,29,34)(H,32,33). The molecule has 1 heterocycles. The Hall–Kier alpha value is -3.31. The maximum atomic E-state index is 13.8. The molecule has 2 amide bonds. The van der Waals surface area contributed by atoms with Gasteiger partial charge in [-0.3, -0.25) is 14.4 Å².